The van der Waals surface area contributed by atoms with Gasteiger partial charge in [0.05, 0.1) is 23.6 Å². The largest absolute Gasteiger partial charge is 0.461 e. The van der Waals surface area contributed by atoms with Gasteiger partial charge in [-0.1, -0.05) is 36.4 Å². The predicted molar refractivity (Wildman–Crippen MR) is 145 cm³/mol. The molecule has 1 amide bonds. The van der Waals surface area contributed by atoms with E-state index in [2.05, 4.69) is 10.4 Å². The molecule has 0 fully saturated rings. The summed E-state index contributed by atoms with van der Waals surface area (Å²) in [5.74, 6) is -1.14. The number of amides is 1. The number of rotatable bonds is 5. The summed E-state index contributed by atoms with van der Waals surface area (Å²) in [7, 11) is 0. The van der Waals surface area contributed by atoms with Crippen molar-refractivity contribution < 1.29 is 23.5 Å². The lowest BCUT2D eigenvalue weighted by Crippen LogP contribution is -2.27. The molecule has 39 heavy (non-hydrogen) atoms. The normalized spacial score (nSPS) is 12.4. The Labute approximate surface area is 225 Å². The van der Waals surface area contributed by atoms with Gasteiger partial charge in [-0.05, 0) is 43.3 Å². The minimum absolute atomic E-state index is 0.0886. The fourth-order valence-corrected chi connectivity index (χ4v) is 5.57. The molecule has 0 bridgehead atoms. The lowest BCUT2D eigenvalue weighted by Gasteiger charge is -2.27. The van der Waals surface area contributed by atoms with E-state index >= 15 is 0 Å². The van der Waals surface area contributed by atoms with Crippen molar-refractivity contribution in [3.63, 3.8) is 0 Å². The lowest BCUT2D eigenvalue weighted by molar-refractivity contribution is -0.116. The fourth-order valence-electron chi connectivity index (χ4n) is 4.63. The number of fused-ring (bicyclic) bond motifs is 3. The number of aromatic nitrogens is 2. The summed E-state index contributed by atoms with van der Waals surface area (Å²) in [6, 6.07) is 19.7. The van der Waals surface area contributed by atoms with Crippen LogP contribution in [0.4, 0.5) is 9.39 Å². The lowest BCUT2D eigenvalue weighted by atomic mass is 9.87. The maximum Gasteiger partial charge on any atom is 0.359 e. The smallest absolute Gasteiger partial charge is 0.359 e. The zero-order valence-corrected chi connectivity index (χ0v) is 21.3. The van der Waals surface area contributed by atoms with Crippen LogP contribution in [0.25, 0.3) is 16.5 Å². The van der Waals surface area contributed by atoms with Crippen LogP contribution in [0.1, 0.15) is 34.5 Å². The van der Waals surface area contributed by atoms with Gasteiger partial charge in [0.1, 0.15) is 22.3 Å². The minimum atomic E-state index is -0.721. The fraction of sp³-hybridized carbons (Fsp3) is 0.103. The highest BCUT2D eigenvalue weighted by Gasteiger charge is 2.33. The van der Waals surface area contributed by atoms with Crippen LogP contribution in [-0.2, 0) is 9.53 Å². The number of hydrogen-bond acceptors (Lipinski definition) is 7. The van der Waals surface area contributed by atoms with Crippen molar-refractivity contribution in [1.29, 1.82) is 0 Å². The number of carbonyl (C=O) groups is 2. The van der Waals surface area contributed by atoms with Crippen molar-refractivity contribution in [3.05, 3.63) is 111 Å². The van der Waals surface area contributed by atoms with E-state index in [4.69, 9.17) is 9.47 Å². The molecule has 0 saturated carbocycles. The number of ether oxygens (including phenoxy) is 2. The molecule has 1 aliphatic heterocycles. The highest BCUT2D eigenvalue weighted by atomic mass is 32.1. The molecule has 0 aliphatic carbocycles. The van der Waals surface area contributed by atoms with Crippen molar-refractivity contribution in [2.45, 2.75) is 12.8 Å². The monoisotopic (exact) mass is 541 g/mol. The van der Waals surface area contributed by atoms with E-state index in [0.29, 0.717) is 22.6 Å². The van der Waals surface area contributed by atoms with Crippen LogP contribution < -0.4 is 15.6 Å². The number of hydrogen-bond donors (Lipinski definition) is 1. The van der Waals surface area contributed by atoms with Crippen LogP contribution >= 0.6 is 11.3 Å². The van der Waals surface area contributed by atoms with Gasteiger partial charge in [-0.25, -0.2) is 9.18 Å². The van der Waals surface area contributed by atoms with Crippen molar-refractivity contribution in [2.75, 3.05) is 11.9 Å². The van der Waals surface area contributed by atoms with E-state index in [0.717, 1.165) is 16.0 Å². The first-order valence-corrected chi connectivity index (χ1v) is 13.0. The Morgan fingerprint density at radius 3 is 2.31 bits per heavy atom. The molecule has 3 aromatic carbocycles. The maximum absolute atomic E-state index is 13.8. The number of anilines is 1. The molecule has 0 saturated heterocycles. The number of benzene rings is 3. The van der Waals surface area contributed by atoms with Crippen LogP contribution in [0.2, 0.25) is 0 Å². The van der Waals surface area contributed by atoms with Gasteiger partial charge in [-0.2, -0.15) is 9.78 Å². The van der Waals surface area contributed by atoms with Gasteiger partial charge in [0, 0.05) is 21.9 Å². The van der Waals surface area contributed by atoms with E-state index in [1.807, 2.05) is 36.4 Å². The van der Waals surface area contributed by atoms with Crippen molar-refractivity contribution >= 4 is 39.0 Å². The SMILES string of the molecule is CCOC(=O)c1nn(-c2ccc(F)cc2)c(=O)c2c(NC(=O)C3c4ccccc4Oc4ccccc43)scc12. The zero-order chi connectivity index (χ0) is 27.1. The highest BCUT2D eigenvalue weighted by molar-refractivity contribution is 7.16. The summed E-state index contributed by atoms with van der Waals surface area (Å²) in [4.78, 5) is 40.3. The minimum Gasteiger partial charge on any atom is -0.461 e. The maximum atomic E-state index is 13.8. The average Bonchev–Trinajstić information content (AvgIpc) is 3.36. The number of esters is 1. The Bertz CT molecular complexity index is 1770. The summed E-state index contributed by atoms with van der Waals surface area (Å²) >= 11 is 1.10. The van der Waals surface area contributed by atoms with Crippen molar-refractivity contribution in [2.24, 2.45) is 0 Å². The molecule has 10 heteroatoms. The Kier molecular flexibility index (Phi) is 6.16. The standard InChI is InChI=1S/C29H20FN3O5S/c1-2-37-29(36)25-20-15-39-27(24(20)28(35)33(32-25)17-13-11-16(30)12-14-17)31-26(34)23-18-7-3-5-9-21(18)38-22-10-6-4-8-19(22)23/h3-15,23H,2H2,1H3,(H,31,34). The third-order valence-corrected chi connectivity index (χ3v) is 7.27. The van der Waals surface area contributed by atoms with Crippen LogP contribution in [0.15, 0.2) is 83.0 Å². The van der Waals surface area contributed by atoms with Gasteiger partial charge in [-0.3, -0.25) is 9.59 Å². The molecule has 0 atom stereocenters. The van der Waals surface area contributed by atoms with Crippen molar-refractivity contribution in [1.82, 2.24) is 9.78 Å². The molecule has 194 valence electrons. The third-order valence-electron chi connectivity index (χ3n) is 6.37. The Morgan fingerprint density at radius 2 is 1.67 bits per heavy atom. The van der Waals surface area contributed by atoms with Gasteiger partial charge in [0.2, 0.25) is 5.91 Å². The van der Waals surface area contributed by atoms with E-state index in [1.165, 1.54) is 24.3 Å². The molecule has 1 N–H and O–H groups in total. The van der Waals surface area contributed by atoms with E-state index < -0.39 is 23.3 Å². The van der Waals surface area contributed by atoms with Crippen LogP contribution in [0.5, 0.6) is 11.5 Å². The second kappa shape index (κ2) is 9.80. The first kappa shape index (κ1) is 24.5. The summed E-state index contributed by atoms with van der Waals surface area (Å²) in [6.07, 6.45) is 0. The van der Waals surface area contributed by atoms with Crippen LogP contribution in [0.3, 0.4) is 0 Å². The van der Waals surface area contributed by atoms with E-state index in [9.17, 15) is 18.8 Å². The molecular formula is C29H20FN3O5S. The van der Waals surface area contributed by atoms with E-state index in [-0.39, 0.29) is 39.7 Å². The number of nitrogens with one attached hydrogen (secondary N) is 1. The molecule has 6 rings (SSSR count). The first-order valence-electron chi connectivity index (χ1n) is 12.1. The highest BCUT2D eigenvalue weighted by Crippen LogP contribution is 2.44. The number of thiophene rings is 1. The quantitative estimate of drug-likeness (QED) is 0.289. The second-order valence-corrected chi connectivity index (χ2v) is 9.60. The summed E-state index contributed by atoms with van der Waals surface area (Å²) < 4.78 is 25.8. The van der Waals surface area contributed by atoms with Crippen LogP contribution in [0, 0.1) is 5.82 Å². The van der Waals surface area contributed by atoms with Gasteiger partial charge in [0.25, 0.3) is 5.56 Å². The number of para-hydroxylation sites is 2. The Morgan fingerprint density at radius 1 is 1.03 bits per heavy atom. The number of halogens is 1. The molecule has 2 aromatic heterocycles. The van der Waals surface area contributed by atoms with Gasteiger partial charge in [0.15, 0.2) is 5.69 Å². The first-order chi connectivity index (χ1) is 19.0. The molecule has 0 radical (unpaired) electrons. The summed E-state index contributed by atoms with van der Waals surface area (Å²) in [5, 5.41) is 9.36. The molecule has 0 unspecified atom stereocenters. The topological polar surface area (TPSA) is 99.5 Å². The van der Waals surface area contributed by atoms with E-state index in [1.54, 1.807) is 24.4 Å². The summed E-state index contributed by atoms with van der Waals surface area (Å²) in [6.45, 7) is 1.77. The molecular weight excluding hydrogens is 521 g/mol. The van der Waals surface area contributed by atoms with Crippen LogP contribution in [-0.4, -0.2) is 28.3 Å². The van der Waals surface area contributed by atoms with Gasteiger partial charge < -0.3 is 14.8 Å². The molecule has 5 aromatic rings. The van der Waals surface area contributed by atoms with Gasteiger partial charge >= 0.3 is 5.97 Å². The zero-order valence-electron chi connectivity index (χ0n) is 20.5. The molecule has 8 nitrogen and oxygen atoms in total. The summed E-state index contributed by atoms with van der Waals surface area (Å²) in [5.41, 5.74) is 0.965. The Hall–Kier alpha value is -4.83. The van der Waals surface area contributed by atoms with Gasteiger partial charge in [-0.15, -0.1) is 11.3 Å². The number of nitrogens with zero attached hydrogens (tertiary/aromatic N) is 2. The molecule has 3 heterocycles. The second-order valence-electron chi connectivity index (χ2n) is 8.72. The number of carbonyl (C=O) groups excluding carboxylic acids is 2. The third kappa shape index (κ3) is 4.24. The predicted octanol–water partition coefficient (Wildman–Crippen LogP) is 5.64. The Balaban J connectivity index is 1.48. The molecule has 0 spiro atoms. The van der Waals surface area contributed by atoms with Crippen molar-refractivity contribution in [3.8, 4) is 17.2 Å². The average molecular weight is 542 g/mol. The molecule has 1 aliphatic rings.